The summed E-state index contributed by atoms with van der Waals surface area (Å²) in [6.45, 7) is 1.21. The van der Waals surface area contributed by atoms with E-state index in [9.17, 15) is 14.7 Å². The summed E-state index contributed by atoms with van der Waals surface area (Å²) >= 11 is 0. The van der Waals surface area contributed by atoms with Gasteiger partial charge in [-0.2, -0.15) is 0 Å². The Labute approximate surface area is 124 Å². The van der Waals surface area contributed by atoms with Crippen LogP contribution in [0, 0.1) is 35.0 Å². The number of aliphatic carboxylic acids is 1. The maximum Gasteiger partial charge on any atom is 0.311 e. The van der Waals surface area contributed by atoms with Crippen molar-refractivity contribution in [3.8, 4) is 0 Å². The first-order chi connectivity index (χ1) is 10.1. The highest BCUT2D eigenvalue weighted by atomic mass is 16.5. The lowest BCUT2D eigenvalue weighted by Gasteiger charge is -2.33. The van der Waals surface area contributed by atoms with Gasteiger partial charge in [-0.05, 0) is 55.8 Å². The fourth-order valence-electron chi connectivity index (χ4n) is 5.28. The van der Waals surface area contributed by atoms with E-state index in [0.717, 1.165) is 11.8 Å². The fraction of sp³-hybridized carbons (Fsp3) is 0.875. The smallest absolute Gasteiger partial charge is 0.311 e. The lowest BCUT2D eigenvalue weighted by Crippen LogP contribution is -2.47. The van der Waals surface area contributed by atoms with Gasteiger partial charge >= 0.3 is 5.97 Å². The molecule has 5 heteroatoms. The normalized spacial score (nSPS) is 42.4. The summed E-state index contributed by atoms with van der Waals surface area (Å²) in [6, 6.07) is 0. The highest BCUT2D eigenvalue weighted by Gasteiger charge is 2.67. The third kappa shape index (κ3) is 2.00. The highest BCUT2D eigenvalue weighted by molar-refractivity contribution is 5.84. The van der Waals surface area contributed by atoms with Gasteiger partial charge in [-0.15, -0.1) is 0 Å². The van der Waals surface area contributed by atoms with Crippen molar-refractivity contribution in [2.24, 2.45) is 35.0 Å². The van der Waals surface area contributed by atoms with Crippen molar-refractivity contribution in [1.29, 1.82) is 0 Å². The predicted octanol–water partition coefficient (Wildman–Crippen LogP) is 1.28. The molecule has 4 aliphatic rings. The van der Waals surface area contributed by atoms with Crippen molar-refractivity contribution in [3.05, 3.63) is 0 Å². The van der Waals surface area contributed by atoms with Crippen LogP contribution in [0.3, 0.4) is 0 Å². The number of fused-ring (bicyclic) bond motifs is 5. The molecule has 4 atom stereocenters. The van der Waals surface area contributed by atoms with E-state index in [1.165, 1.54) is 19.3 Å². The molecular formula is C16H23NO4. The third-order valence-corrected chi connectivity index (χ3v) is 6.54. The van der Waals surface area contributed by atoms with Gasteiger partial charge in [-0.3, -0.25) is 9.59 Å². The maximum absolute atomic E-state index is 12.4. The van der Waals surface area contributed by atoms with Crippen LogP contribution < -0.4 is 5.32 Å². The largest absolute Gasteiger partial charge is 0.481 e. The van der Waals surface area contributed by atoms with Gasteiger partial charge in [0.1, 0.15) is 0 Å². The van der Waals surface area contributed by atoms with E-state index in [4.69, 9.17) is 4.74 Å². The van der Waals surface area contributed by atoms with Crippen LogP contribution in [0.15, 0.2) is 0 Å². The van der Waals surface area contributed by atoms with Crippen LogP contribution in [0.25, 0.3) is 0 Å². The molecule has 0 aromatic carbocycles. The van der Waals surface area contributed by atoms with Crippen LogP contribution in [-0.4, -0.2) is 36.7 Å². The van der Waals surface area contributed by atoms with Crippen molar-refractivity contribution in [2.75, 3.05) is 19.8 Å². The molecule has 1 amide bonds. The standard InChI is InChI=1S/C16H23NO4/c18-14(13-11-9-1-2-10(7-9)12(11)13)17-8-16(15(19)20)3-5-21-6-4-16/h9-13H,1-8H2,(H,17,18)(H,19,20). The van der Waals surface area contributed by atoms with E-state index in [-0.39, 0.29) is 18.4 Å². The Morgan fingerprint density at radius 2 is 1.76 bits per heavy atom. The number of amides is 1. The molecule has 5 nitrogen and oxygen atoms in total. The molecule has 21 heavy (non-hydrogen) atoms. The Balaban J connectivity index is 1.36. The van der Waals surface area contributed by atoms with Crippen molar-refractivity contribution in [1.82, 2.24) is 5.32 Å². The zero-order chi connectivity index (χ0) is 14.6. The molecule has 3 aliphatic carbocycles. The lowest BCUT2D eigenvalue weighted by molar-refractivity contribution is -0.154. The second kappa shape index (κ2) is 4.70. The summed E-state index contributed by atoms with van der Waals surface area (Å²) in [5.41, 5.74) is -0.823. The van der Waals surface area contributed by atoms with Gasteiger partial charge in [-0.1, -0.05) is 0 Å². The highest BCUT2D eigenvalue weighted by Crippen LogP contribution is 2.69. The molecule has 2 N–H and O–H groups in total. The van der Waals surface area contributed by atoms with E-state index >= 15 is 0 Å². The second-order valence-electron chi connectivity index (χ2n) is 7.43. The summed E-state index contributed by atoms with van der Waals surface area (Å²) in [4.78, 5) is 24.0. The van der Waals surface area contributed by atoms with Gasteiger partial charge in [0.25, 0.3) is 0 Å². The number of nitrogens with one attached hydrogen (secondary N) is 1. The SMILES string of the molecule is O=C(NCC1(C(=O)O)CCOCC1)C1C2C3CCC(C3)C12. The molecule has 0 spiro atoms. The monoisotopic (exact) mass is 293 g/mol. The Morgan fingerprint density at radius 1 is 1.14 bits per heavy atom. The number of carbonyl (C=O) groups is 2. The van der Waals surface area contributed by atoms with Gasteiger partial charge in [0.15, 0.2) is 0 Å². The fourth-order valence-corrected chi connectivity index (χ4v) is 5.28. The van der Waals surface area contributed by atoms with Gasteiger partial charge in [0.2, 0.25) is 5.91 Å². The predicted molar refractivity (Wildman–Crippen MR) is 74.4 cm³/mol. The summed E-state index contributed by atoms with van der Waals surface area (Å²) in [6.07, 6.45) is 4.91. The first kappa shape index (κ1) is 13.6. The molecule has 3 saturated carbocycles. The molecule has 1 heterocycles. The number of carboxylic acid groups (broad SMARTS) is 1. The Bertz CT molecular complexity index is 455. The average Bonchev–Trinajstić information content (AvgIpc) is 2.93. The van der Waals surface area contributed by atoms with Crippen LogP contribution in [0.2, 0.25) is 0 Å². The molecule has 0 aromatic rings. The van der Waals surface area contributed by atoms with Crippen molar-refractivity contribution in [3.63, 3.8) is 0 Å². The van der Waals surface area contributed by atoms with Crippen LogP contribution in [0.4, 0.5) is 0 Å². The number of rotatable bonds is 4. The topological polar surface area (TPSA) is 75.6 Å². The summed E-state index contributed by atoms with van der Waals surface area (Å²) in [5.74, 6) is 2.25. The third-order valence-electron chi connectivity index (χ3n) is 6.54. The molecular weight excluding hydrogens is 270 g/mol. The number of hydrogen-bond acceptors (Lipinski definition) is 3. The van der Waals surface area contributed by atoms with E-state index in [1.807, 2.05) is 0 Å². The van der Waals surface area contributed by atoms with Gasteiger partial charge in [0, 0.05) is 25.7 Å². The van der Waals surface area contributed by atoms with Gasteiger partial charge in [0.05, 0.1) is 5.41 Å². The summed E-state index contributed by atoms with van der Waals surface area (Å²) in [5, 5.41) is 12.5. The number of hydrogen-bond donors (Lipinski definition) is 2. The number of ether oxygens (including phenoxy) is 1. The molecule has 0 radical (unpaired) electrons. The minimum absolute atomic E-state index is 0.105. The van der Waals surface area contributed by atoms with Crippen LogP contribution in [0.5, 0.6) is 0 Å². The summed E-state index contributed by atoms with van der Waals surface area (Å²) < 4.78 is 5.26. The van der Waals surface area contributed by atoms with Gasteiger partial charge in [-0.25, -0.2) is 0 Å². The zero-order valence-electron chi connectivity index (χ0n) is 12.2. The van der Waals surface area contributed by atoms with E-state index in [1.54, 1.807) is 0 Å². The molecule has 1 saturated heterocycles. The Hall–Kier alpha value is -1.10. The first-order valence-electron chi connectivity index (χ1n) is 8.21. The molecule has 116 valence electrons. The quantitative estimate of drug-likeness (QED) is 0.818. The average molecular weight is 293 g/mol. The van der Waals surface area contributed by atoms with Crippen molar-refractivity contribution in [2.45, 2.75) is 32.1 Å². The molecule has 2 bridgehead atoms. The van der Waals surface area contributed by atoms with E-state index in [0.29, 0.717) is 37.9 Å². The van der Waals surface area contributed by atoms with E-state index < -0.39 is 11.4 Å². The number of carbonyl (C=O) groups excluding carboxylic acids is 1. The lowest BCUT2D eigenvalue weighted by atomic mass is 9.80. The Morgan fingerprint density at radius 3 is 2.33 bits per heavy atom. The molecule has 4 rings (SSSR count). The van der Waals surface area contributed by atoms with E-state index in [2.05, 4.69) is 5.32 Å². The molecule has 4 unspecified atom stereocenters. The van der Waals surface area contributed by atoms with Crippen LogP contribution in [0.1, 0.15) is 32.1 Å². The Kier molecular flexibility index (Phi) is 3.03. The zero-order valence-corrected chi connectivity index (χ0v) is 12.2. The van der Waals surface area contributed by atoms with Gasteiger partial charge < -0.3 is 15.2 Å². The minimum atomic E-state index is -0.823. The van der Waals surface area contributed by atoms with Crippen LogP contribution >= 0.6 is 0 Å². The van der Waals surface area contributed by atoms with Crippen molar-refractivity contribution >= 4 is 11.9 Å². The molecule has 1 aliphatic heterocycles. The first-order valence-corrected chi connectivity index (χ1v) is 8.21. The molecule has 0 aromatic heterocycles. The number of carboxylic acids is 1. The summed E-state index contributed by atoms with van der Waals surface area (Å²) in [7, 11) is 0. The minimum Gasteiger partial charge on any atom is -0.481 e. The maximum atomic E-state index is 12.4. The second-order valence-corrected chi connectivity index (χ2v) is 7.43. The van der Waals surface area contributed by atoms with Crippen molar-refractivity contribution < 1.29 is 19.4 Å². The van der Waals surface area contributed by atoms with Crippen LogP contribution in [-0.2, 0) is 14.3 Å². The molecule has 4 fully saturated rings.